The van der Waals surface area contributed by atoms with Gasteiger partial charge < -0.3 is 15.0 Å². The molecule has 0 radical (unpaired) electrons. The number of benzene rings is 1. The van der Waals surface area contributed by atoms with Crippen molar-refractivity contribution in [2.75, 3.05) is 20.6 Å². The average molecular weight is 234 g/mol. The highest BCUT2D eigenvalue weighted by molar-refractivity contribution is 5.83. The third-order valence-corrected chi connectivity index (χ3v) is 2.96. The highest BCUT2D eigenvalue weighted by Crippen LogP contribution is 2.19. The van der Waals surface area contributed by atoms with Crippen LogP contribution in [0.5, 0.6) is 5.75 Å². The van der Waals surface area contributed by atoms with Crippen LogP contribution >= 0.6 is 0 Å². The summed E-state index contributed by atoms with van der Waals surface area (Å²) < 4.78 is 5.68. The van der Waals surface area contributed by atoms with Gasteiger partial charge in [0.25, 0.3) is 5.91 Å². The van der Waals surface area contributed by atoms with Gasteiger partial charge in [-0.2, -0.15) is 0 Å². The van der Waals surface area contributed by atoms with Gasteiger partial charge >= 0.3 is 0 Å². The van der Waals surface area contributed by atoms with Crippen molar-refractivity contribution in [1.29, 1.82) is 0 Å². The SMILES string of the molecule is CNCc1ccc(OC2CCN(C)C2=O)cc1. The number of carbonyl (C=O) groups is 1. The fourth-order valence-corrected chi connectivity index (χ4v) is 1.95. The van der Waals surface area contributed by atoms with Gasteiger partial charge in [0.2, 0.25) is 0 Å². The Labute approximate surface area is 102 Å². The minimum Gasteiger partial charge on any atom is -0.481 e. The van der Waals surface area contributed by atoms with Gasteiger partial charge in [0, 0.05) is 26.6 Å². The number of rotatable bonds is 4. The van der Waals surface area contributed by atoms with Crippen LogP contribution in [-0.2, 0) is 11.3 Å². The van der Waals surface area contributed by atoms with Gasteiger partial charge in [0.15, 0.2) is 6.10 Å². The Balaban J connectivity index is 1.97. The maximum absolute atomic E-state index is 11.7. The highest BCUT2D eigenvalue weighted by atomic mass is 16.5. The molecule has 4 nitrogen and oxygen atoms in total. The third-order valence-electron chi connectivity index (χ3n) is 2.96. The summed E-state index contributed by atoms with van der Waals surface area (Å²) in [5, 5.41) is 3.09. The van der Waals surface area contributed by atoms with E-state index in [0.717, 1.165) is 25.3 Å². The number of ether oxygens (including phenoxy) is 1. The van der Waals surface area contributed by atoms with E-state index < -0.39 is 0 Å². The summed E-state index contributed by atoms with van der Waals surface area (Å²) in [6.07, 6.45) is 0.461. The Kier molecular flexibility index (Phi) is 3.64. The molecule has 1 unspecified atom stereocenters. The van der Waals surface area contributed by atoms with Gasteiger partial charge in [-0.15, -0.1) is 0 Å². The standard InChI is InChI=1S/C13H18N2O2/c1-14-9-10-3-5-11(6-4-10)17-12-7-8-15(2)13(12)16/h3-6,12,14H,7-9H2,1-2H3. The second-order valence-electron chi connectivity index (χ2n) is 4.33. The molecular weight excluding hydrogens is 216 g/mol. The Hall–Kier alpha value is -1.55. The van der Waals surface area contributed by atoms with Gasteiger partial charge in [-0.05, 0) is 24.7 Å². The Morgan fingerprint density at radius 3 is 2.65 bits per heavy atom. The molecule has 0 saturated carbocycles. The van der Waals surface area contributed by atoms with Crippen molar-refractivity contribution in [3.8, 4) is 5.75 Å². The molecule has 2 rings (SSSR count). The zero-order chi connectivity index (χ0) is 12.3. The number of nitrogens with zero attached hydrogens (tertiary/aromatic N) is 1. The van der Waals surface area contributed by atoms with Crippen molar-refractivity contribution in [2.24, 2.45) is 0 Å². The Bertz CT molecular complexity index is 389. The van der Waals surface area contributed by atoms with Crippen molar-refractivity contribution in [2.45, 2.75) is 19.1 Å². The van der Waals surface area contributed by atoms with E-state index in [-0.39, 0.29) is 12.0 Å². The second kappa shape index (κ2) is 5.19. The fraction of sp³-hybridized carbons (Fsp3) is 0.462. The molecule has 1 aliphatic rings. The summed E-state index contributed by atoms with van der Waals surface area (Å²) >= 11 is 0. The first-order valence-corrected chi connectivity index (χ1v) is 5.86. The lowest BCUT2D eigenvalue weighted by Crippen LogP contribution is -2.29. The predicted octanol–water partition coefficient (Wildman–Crippen LogP) is 1.02. The van der Waals surface area contributed by atoms with Crippen LogP contribution in [0.3, 0.4) is 0 Å². The molecule has 1 aromatic carbocycles. The van der Waals surface area contributed by atoms with Gasteiger partial charge in [0.05, 0.1) is 0 Å². The van der Waals surface area contributed by atoms with E-state index in [9.17, 15) is 4.79 Å². The van der Waals surface area contributed by atoms with Gasteiger partial charge in [-0.3, -0.25) is 4.79 Å². The summed E-state index contributed by atoms with van der Waals surface area (Å²) in [4.78, 5) is 13.4. The second-order valence-corrected chi connectivity index (χ2v) is 4.33. The number of amides is 1. The summed E-state index contributed by atoms with van der Waals surface area (Å²) in [7, 11) is 3.72. The molecule has 0 aliphatic carbocycles. The number of nitrogens with one attached hydrogen (secondary N) is 1. The van der Waals surface area contributed by atoms with E-state index in [1.165, 1.54) is 5.56 Å². The number of hydrogen-bond acceptors (Lipinski definition) is 3. The van der Waals surface area contributed by atoms with Crippen LogP contribution in [-0.4, -0.2) is 37.6 Å². The van der Waals surface area contributed by atoms with Crippen LogP contribution in [0.4, 0.5) is 0 Å². The van der Waals surface area contributed by atoms with Gasteiger partial charge in [-0.25, -0.2) is 0 Å². The van der Waals surface area contributed by atoms with Crippen molar-refractivity contribution < 1.29 is 9.53 Å². The van der Waals surface area contributed by atoms with Crippen LogP contribution in [0.15, 0.2) is 24.3 Å². The van der Waals surface area contributed by atoms with E-state index in [4.69, 9.17) is 4.74 Å². The number of likely N-dealkylation sites (N-methyl/N-ethyl adjacent to an activating group) is 1. The molecule has 1 aromatic rings. The molecule has 1 fully saturated rings. The quantitative estimate of drug-likeness (QED) is 0.845. The van der Waals surface area contributed by atoms with Crippen molar-refractivity contribution in [3.63, 3.8) is 0 Å². The van der Waals surface area contributed by atoms with E-state index in [1.54, 1.807) is 4.90 Å². The lowest BCUT2D eigenvalue weighted by molar-refractivity contribution is -0.132. The first-order valence-electron chi connectivity index (χ1n) is 5.86. The Morgan fingerprint density at radius 2 is 2.12 bits per heavy atom. The smallest absolute Gasteiger partial charge is 0.263 e. The van der Waals surface area contributed by atoms with Crippen LogP contribution in [0, 0.1) is 0 Å². The minimum atomic E-state index is -0.310. The van der Waals surface area contributed by atoms with Gasteiger partial charge in [0.1, 0.15) is 5.75 Å². The molecule has 0 spiro atoms. The maximum Gasteiger partial charge on any atom is 0.263 e. The number of likely N-dealkylation sites (tertiary alicyclic amines) is 1. The van der Waals surface area contributed by atoms with E-state index >= 15 is 0 Å². The van der Waals surface area contributed by atoms with E-state index in [0.29, 0.717) is 0 Å². The molecular formula is C13H18N2O2. The monoisotopic (exact) mass is 234 g/mol. The molecule has 0 bridgehead atoms. The summed E-state index contributed by atoms with van der Waals surface area (Å²) in [6.45, 7) is 1.62. The van der Waals surface area contributed by atoms with Crippen molar-refractivity contribution in [3.05, 3.63) is 29.8 Å². The molecule has 92 valence electrons. The van der Waals surface area contributed by atoms with Crippen molar-refractivity contribution in [1.82, 2.24) is 10.2 Å². The highest BCUT2D eigenvalue weighted by Gasteiger charge is 2.30. The fourth-order valence-electron chi connectivity index (χ4n) is 1.95. The molecule has 1 amide bonds. The largest absolute Gasteiger partial charge is 0.481 e. The van der Waals surface area contributed by atoms with Crippen molar-refractivity contribution >= 4 is 5.91 Å². The molecule has 4 heteroatoms. The summed E-state index contributed by atoms with van der Waals surface area (Å²) in [5.41, 5.74) is 1.20. The number of carbonyl (C=O) groups excluding carboxylic acids is 1. The van der Waals surface area contributed by atoms with Gasteiger partial charge in [-0.1, -0.05) is 12.1 Å². The minimum absolute atomic E-state index is 0.0734. The zero-order valence-corrected chi connectivity index (χ0v) is 10.3. The topological polar surface area (TPSA) is 41.6 Å². The molecule has 0 aromatic heterocycles. The number of hydrogen-bond donors (Lipinski definition) is 1. The molecule has 1 atom stereocenters. The molecule has 1 saturated heterocycles. The first kappa shape index (κ1) is 11.9. The lowest BCUT2D eigenvalue weighted by Gasteiger charge is -2.13. The van der Waals surface area contributed by atoms with Crippen LogP contribution in [0.1, 0.15) is 12.0 Å². The Morgan fingerprint density at radius 1 is 1.41 bits per heavy atom. The van der Waals surface area contributed by atoms with Crippen LogP contribution < -0.4 is 10.1 Å². The maximum atomic E-state index is 11.7. The molecule has 1 aliphatic heterocycles. The average Bonchev–Trinajstić information content (AvgIpc) is 2.64. The summed E-state index contributed by atoms with van der Waals surface area (Å²) in [5.74, 6) is 0.836. The molecule has 1 heterocycles. The summed E-state index contributed by atoms with van der Waals surface area (Å²) in [6, 6.07) is 7.85. The predicted molar refractivity (Wildman–Crippen MR) is 65.9 cm³/mol. The normalized spacial score (nSPS) is 19.8. The molecule has 17 heavy (non-hydrogen) atoms. The first-order chi connectivity index (χ1) is 8.20. The van der Waals surface area contributed by atoms with E-state index in [1.807, 2.05) is 38.4 Å². The van der Waals surface area contributed by atoms with Crippen LogP contribution in [0.25, 0.3) is 0 Å². The zero-order valence-electron chi connectivity index (χ0n) is 10.3. The molecule has 1 N–H and O–H groups in total. The van der Waals surface area contributed by atoms with E-state index in [2.05, 4.69) is 5.32 Å². The lowest BCUT2D eigenvalue weighted by atomic mass is 10.2. The third kappa shape index (κ3) is 2.77. The van der Waals surface area contributed by atoms with Crippen LogP contribution in [0.2, 0.25) is 0 Å².